The fourth-order valence-corrected chi connectivity index (χ4v) is 2.99. The first-order valence-electron chi connectivity index (χ1n) is 9.34. The molecule has 2 aromatic carbocycles. The number of anilines is 1. The fraction of sp³-hybridized carbons (Fsp3) is 0.273. The van der Waals surface area contributed by atoms with E-state index >= 15 is 0 Å². The molecular formula is C22H23FN2O4. The lowest BCUT2D eigenvalue weighted by molar-refractivity contribution is -0.124. The van der Waals surface area contributed by atoms with Crippen molar-refractivity contribution in [2.45, 2.75) is 13.3 Å². The Labute approximate surface area is 168 Å². The molecule has 0 atom stereocenters. The molecule has 1 N–H and O–H groups in total. The van der Waals surface area contributed by atoms with Gasteiger partial charge in [-0.3, -0.25) is 4.79 Å². The molecule has 1 aromatic heterocycles. The molecule has 0 radical (unpaired) electrons. The van der Waals surface area contributed by atoms with Crippen molar-refractivity contribution >= 4 is 28.5 Å². The van der Waals surface area contributed by atoms with Gasteiger partial charge in [0.2, 0.25) is 5.76 Å². The van der Waals surface area contributed by atoms with E-state index in [9.17, 15) is 14.0 Å². The number of amides is 1. The number of benzene rings is 2. The number of fused-ring (bicyclic) bond motifs is 1. The maximum absolute atomic E-state index is 13.4. The van der Waals surface area contributed by atoms with Crippen LogP contribution >= 0.6 is 0 Å². The zero-order valence-electron chi connectivity index (χ0n) is 16.4. The number of carbonyl (C=O) groups is 2. The minimum absolute atomic E-state index is 0.0251. The summed E-state index contributed by atoms with van der Waals surface area (Å²) in [5.41, 5.74) is 1.98. The zero-order chi connectivity index (χ0) is 20.8. The van der Waals surface area contributed by atoms with Crippen LogP contribution in [-0.2, 0) is 9.53 Å². The molecule has 3 rings (SSSR count). The predicted octanol–water partition coefficient (Wildman–Crippen LogP) is 3.68. The van der Waals surface area contributed by atoms with Gasteiger partial charge in [-0.15, -0.1) is 0 Å². The SMILES string of the molecule is Cc1c(C(=O)OCC(=O)NCCCN(C)c2ccccc2)oc2ccc(F)cc12. The highest BCUT2D eigenvalue weighted by atomic mass is 19.1. The van der Waals surface area contributed by atoms with Crippen molar-refractivity contribution in [1.29, 1.82) is 0 Å². The molecule has 0 aliphatic carbocycles. The molecule has 7 heteroatoms. The third-order valence-electron chi connectivity index (χ3n) is 4.61. The Bertz CT molecular complexity index is 1000. The third-order valence-corrected chi connectivity index (χ3v) is 4.61. The number of rotatable bonds is 8. The lowest BCUT2D eigenvalue weighted by Crippen LogP contribution is -2.31. The van der Waals surface area contributed by atoms with Crippen molar-refractivity contribution in [2.24, 2.45) is 0 Å². The number of hydrogen-bond donors (Lipinski definition) is 1. The highest BCUT2D eigenvalue weighted by Gasteiger charge is 2.20. The van der Waals surface area contributed by atoms with E-state index in [4.69, 9.17) is 9.15 Å². The Balaban J connectivity index is 1.42. The normalized spacial score (nSPS) is 10.7. The van der Waals surface area contributed by atoms with Crippen LogP contribution < -0.4 is 10.2 Å². The van der Waals surface area contributed by atoms with Gasteiger partial charge in [0.25, 0.3) is 5.91 Å². The lowest BCUT2D eigenvalue weighted by Gasteiger charge is -2.19. The fourth-order valence-electron chi connectivity index (χ4n) is 2.99. The molecule has 6 nitrogen and oxygen atoms in total. The van der Waals surface area contributed by atoms with E-state index in [2.05, 4.69) is 10.2 Å². The number of para-hydroxylation sites is 1. The van der Waals surface area contributed by atoms with Gasteiger partial charge in [0, 0.05) is 36.8 Å². The van der Waals surface area contributed by atoms with Crippen LogP contribution in [0.4, 0.5) is 10.1 Å². The molecular weight excluding hydrogens is 375 g/mol. The molecule has 0 aliphatic rings. The van der Waals surface area contributed by atoms with Gasteiger partial charge in [-0.2, -0.15) is 0 Å². The molecule has 0 saturated carbocycles. The van der Waals surface area contributed by atoms with Gasteiger partial charge in [-0.1, -0.05) is 18.2 Å². The molecule has 0 aliphatic heterocycles. The van der Waals surface area contributed by atoms with Gasteiger partial charge in [0.05, 0.1) is 0 Å². The first-order valence-corrected chi connectivity index (χ1v) is 9.34. The number of halogens is 1. The van der Waals surface area contributed by atoms with E-state index < -0.39 is 18.4 Å². The second kappa shape index (κ2) is 9.23. The minimum Gasteiger partial charge on any atom is -0.450 e. The van der Waals surface area contributed by atoms with Gasteiger partial charge in [0.1, 0.15) is 11.4 Å². The molecule has 1 heterocycles. The molecule has 0 bridgehead atoms. The van der Waals surface area contributed by atoms with E-state index in [1.807, 2.05) is 37.4 Å². The monoisotopic (exact) mass is 398 g/mol. The van der Waals surface area contributed by atoms with Gasteiger partial charge in [-0.05, 0) is 43.7 Å². The van der Waals surface area contributed by atoms with Gasteiger partial charge in [-0.25, -0.2) is 9.18 Å². The number of carbonyl (C=O) groups excluding carboxylic acids is 2. The van der Waals surface area contributed by atoms with E-state index in [-0.39, 0.29) is 11.7 Å². The maximum Gasteiger partial charge on any atom is 0.375 e. The van der Waals surface area contributed by atoms with E-state index in [0.717, 1.165) is 18.7 Å². The Morgan fingerprint density at radius 3 is 2.69 bits per heavy atom. The van der Waals surface area contributed by atoms with Crippen LogP contribution in [0.5, 0.6) is 0 Å². The van der Waals surface area contributed by atoms with Gasteiger partial charge in [0.15, 0.2) is 6.61 Å². The second-order valence-corrected chi connectivity index (χ2v) is 6.73. The van der Waals surface area contributed by atoms with E-state index in [1.165, 1.54) is 18.2 Å². The van der Waals surface area contributed by atoms with E-state index in [0.29, 0.717) is 23.1 Å². The zero-order valence-corrected chi connectivity index (χ0v) is 16.4. The molecule has 0 spiro atoms. The molecule has 1 amide bonds. The summed E-state index contributed by atoms with van der Waals surface area (Å²) >= 11 is 0. The Morgan fingerprint density at radius 1 is 1.17 bits per heavy atom. The van der Waals surface area contributed by atoms with Gasteiger partial charge < -0.3 is 19.4 Å². The summed E-state index contributed by atoms with van der Waals surface area (Å²) in [6, 6.07) is 14.0. The number of aryl methyl sites for hydroxylation is 1. The highest BCUT2D eigenvalue weighted by Crippen LogP contribution is 2.26. The first-order chi connectivity index (χ1) is 14.0. The molecule has 29 heavy (non-hydrogen) atoms. The second-order valence-electron chi connectivity index (χ2n) is 6.73. The van der Waals surface area contributed by atoms with Crippen molar-refractivity contribution in [3.63, 3.8) is 0 Å². The number of hydrogen-bond acceptors (Lipinski definition) is 5. The Morgan fingerprint density at radius 2 is 1.93 bits per heavy atom. The molecule has 0 saturated heterocycles. The molecule has 3 aromatic rings. The first kappa shape index (κ1) is 20.4. The summed E-state index contributed by atoms with van der Waals surface area (Å²) in [6.07, 6.45) is 0.749. The minimum atomic E-state index is -0.752. The van der Waals surface area contributed by atoms with Crippen LogP contribution in [0.25, 0.3) is 11.0 Å². The Hall–Kier alpha value is -3.35. The number of nitrogens with one attached hydrogen (secondary N) is 1. The average molecular weight is 398 g/mol. The van der Waals surface area contributed by atoms with Crippen LogP contribution in [-0.4, -0.2) is 38.6 Å². The van der Waals surface area contributed by atoms with Crippen LogP contribution in [0.15, 0.2) is 52.9 Å². The van der Waals surface area contributed by atoms with Crippen molar-refractivity contribution in [3.05, 3.63) is 65.7 Å². The summed E-state index contributed by atoms with van der Waals surface area (Å²) < 4.78 is 23.8. The van der Waals surface area contributed by atoms with Crippen molar-refractivity contribution in [1.82, 2.24) is 5.32 Å². The standard InChI is InChI=1S/C22H23FN2O4/c1-15-18-13-16(23)9-10-19(18)29-21(15)22(27)28-14-20(26)24-11-6-12-25(2)17-7-4-3-5-8-17/h3-5,7-10,13H,6,11-12,14H2,1-2H3,(H,24,26). The summed E-state index contributed by atoms with van der Waals surface area (Å²) in [5.74, 6) is -1.58. The average Bonchev–Trinajstić information content (AvgIpc) is 3.06. The predicted molar refractivity (Wildman–Crippen MR) is 109 cm³/mol. The quantitative estimate of drug-likeness (QED) is 0.463. The summed E-state index contributed by atoms with van der Waals surface area (Å²) in [6.45, 7) is 2.48. The third kappa shape index (κ3) is 5.13. The van der Waals surface area contributed by atoms with Crippen LogP contribution in [0.2, 0.25) is 0 Å². The summed E-state index contributed by atoms with van der Waals surface area (Å²) in [7, 11) is 1.99. The number of esters is 1. The topological polar surface area (TPSA) is 71.8 Å². The van der Waals surface area contributed by atoms with E-state index in [1.54, 1.807) is 6.92 Å². The summed E-state index contributed by atoms with van der Waals surface area (Å²) in [5, 5.41) is 3.23. The number of furan rings is 1. The van der Waals surface area contributed by atoms with Crippen molar-refractivity contribution in [3.8, 4) is 0 Å². The van der Waals surface area contributed by atoms with Crippen molar-refractivity contribution < 1.29 is 23.1 Å². The number of ether oxygens (including phenoxy) is 1. The Kier molecular flexibility index (Phi) is 6.49. The largest absolute Gasteiger partial charge is 0.450 e. The molecule has 0 unspecified atom stereocenters. The number of nitrogens with zero attached hydrogens (tertiary/aromatic N) is 1. The smallest absolute Gasteiger partial charge is 0.375 e. The molecule has 0 fully saturated rings. The maximum atomic E-state index is 13.4. The van der Waals surface area contributed by atoms with Gasteiger partial charge >= 0.3 is 5.97 Å². The van der Waals surface area contributed by atoms with Crippen LogP contribution in [0.1, 0.15) is 22.5 Å². The van der Waals surface area contributed by atoms with Crippen LogP contribution in [0.3, 0.4) is 0 Å². The van der Waals surface area contributed by atoms with Crippen LogP contribution in [0, 0.1) is 12.7 Å². The lowest BCUT2D eigenvalue weighted by atomic mass is 10.1. The molecule has 152 valence electrons. The van der Waals surface area contributed by atoms with Crippen molar-refractivity contribution in [2.75, 3.05) is 31.6 Å². The highest BCUT2D eigenvalue weighted by molar-refractivity contribution is 5.96. The summed E-state index contributed by atoms with van der Waals surface area (Å²) in [4.78, 5) is 26.2.